The van der Waals surface area contributed by atoms with E-state index < -0.39 is 0 Å². The number of carbonyl (C=O) groups excluding carboxylic acids is 1. The van der Waals surface area contributed by atoms with Crippen molar-refractivity contribution < 1.29 is 9.53 Å². The Hall–Kier alpha value is -3.87. The minimum Gasteiger partial charge on any atom is -0.383 e. The molecule has 9 heteroatoms. The third-order valence-electron chi connectivity index (χ3n) is 5.25. The van der Waals surface area contributed by atoms with Crippen molar-refractivity contribution in [3.8, 4) is 17.2 Å². The quantitative estimate of drug-likeness (QED) is 0.310. The van der Waals surface area contributed by atoms with Crippen LogP contribution in [-0.2, 0) is 23.1 Å². The maximum absolute atomic E-state index is 13.4. The number of rotatable bonds is 8. The second-order valence-corrected chi connectivity index (χ2v) is 8.53. The topological polar surface area (TPSA) is 102 Å². The molecule has 172 valence electrons. The Kier molecular flexibility index (Phi) is 7.11. The van der Waals surface area contributed by atoms with E-state index in [1.54, 1.807) is 40.5 Å². The highest BCUT2D eigenvalue weighted by Gasteiger charge is 2.19. The first-order chi connectivity index (χ1) is 16.5. The largest absolute Gasteiger partial charge is 0.383 e. The predicted molar refractivity (Wildman–Crippen MR) is 133 cm³/mol. The van der Waals surface area contributed by atoms with Gasteiger partial charge in [0.1, 0.15) is 11.0 Å². The molecule has 0 unspecified atom stereocenters. The highest BCUT2D eigenvalue weighted by molar-refractivity contribution is 7.99. The second kappa shape index (κ2) is 10.4. The number of ether oxygens (including phenoxy) is 1. The summed E-state index contributed by atoms with van der Waals surface area (Å²) in [5.41, 5.74) is 3.72. The fourth-order valence-corrected chi connectivity index (χ4v) is 4.48. The molecule has 0 bridgehead atoms. The fraction of sp³-hybridized carbons (Fsp3) is 0.200. The van der Waals surface area contributed by atoms with Gasteiger partial charge in [-0.25, -0.2) is 4.98 Å². The van der Waals surface area contributed by atoms with Crippen molar-refractivity contribution in [3.63, 3.8) is 0 Å². The number of methoxy groups -OCH3 is 1. The molecule has 1 amide bonds. The van der Waals surface area contributed by atoms with E-state index >= 15 is 0 Å². The Morgan fingerprint density at radius 1 is 1.21 bits per heavy atom. The Bertz CT molecular complexity index is 1440. The molecule has 2 aromatic carbocycles. The van der Waals surface area contributed by atoms with Crippen LogP contribution in [0.3, 0.4) is 0 Å². The molecule has 2 aromatic heterocycles. The third kappa shape index (κ3) is 4.88. The molecular formula is C25H23N5O3S. The van der Waals surface area contributed by atoms with Crippen LogP contribution in [0.15, 0.2) is 70.7 Å². The average Bonchev–Trinajstić information content (AvgIpc) is 3.19. The standard InChI is InChI=1S/C25H23N5O3S/c1-29-15-20(18-8-4-3-5-9-18)22-23(29)24(32)30(11-12-33-2)25(28-22)34-16-21(31)27-19-10-6-7-17(13-19)14-26/h3-10,13,15H,11-12,16H2,1-2H3,(H,27,31). The third-order valence-corrected chi connectivity index (χ3v) is 6.23. The number of anilines is 1. The van der Waals surface area contributed by atoms with Gasteiger partial charge >= 0.3 is 0 Å². The van der Waals surface area contributed by atoms with Gasteiger partial charge in [0, 0.05) is 31.6 Å². The molecule has 0 aliphatic rings. The molecule has 2 heterocycles. The van der Waals surface area contributed by atoms with Crippen LogP contribution >= 0.6 is 11.8 Å². The molecule has 0 spiro atoms. The second-order valence-electron chi connectivity index (χ2n) is 7.59. The van der Waals surface area contributed by atoms with Crippen molar-refractivity contribution in [3.05, 3.63) is 76.7 Å². The van der Waals surface area contributed by atoms with E-state index in [0.29, 0.717) is 40.6 Å². The van der Waals surface area contributed by atoms with Gasteiger partial charge in [-0.1, -0.05) is 48.2 Å². The monoisotopic (exact) mass is 473 g/mol. The summed E-state index contributed by atoms with van der Waals surface area (Å²) < 4.78 is 8.53. The molecule has 4 rings (SSSR count). The van der Waals surface area contributed by atoms with Crippen molar-refractivity contribution in [1.29, 1.82) is 5.26 Å². The minimum absolute atomic E-state index is 0.0508. The highest BCUT2D eigenvalue weighted by Crippen LogP contribution is 2.29. The molecular weight excluding hydrogens is 450 g/mol. The number of nitrogens with zero attached hydrogens (tertiary/aromatic N) is 4. The number of carbonyl (C=O) groups is 1. The zero-order valence-electron chi connectivity index (χ0n) is 18.8. The summed E-state index contributed by atoms with van der Waals surface area (Å²) in [5.74, 6) is -0.209. The van der Waals surface area contributed by atoms with E-state index in [1.165, 1.54) is 11.8 Å². The van der Waals surface area contributed by atoms with Crippen molar-refractivity contribution in [2.75, 3.05) is 24.8 Å². The van der Waals surface area contributed by atoms with Gasteiger partial charge in [-0.3, -0.25) is 14.2 Å². The first-order valence-electron chi connectivity index (χ1n) is 10.6. The first kappa shape index (κ1) is 23.3. The number of thioether (sulfide) groups is 1. The Morgan fingerprint density at radius 2 is 2.00 bits per heavy atom. The van der Waals surface area contributed by atoms with E-state index in [-0.39, 0.29) is 17.2 Å². The average molecular weight is 474 g/mol. The Morgan fingerprint density at radius 3 is 2.74 bits per heavy atom. The van der Waals surface area contributed by atoms with Crippen molar-refractivity contribution in [2.45, 2.75) is 11.7 Å². The fourth-order valence-electron chi connectivity index (χ4n) is 3.66. The number of aryl methyl sites for hydroxylation is 1. The molecule has 8 nitrogen and oxygen atoms in total. The molecule has 1 N–H and O–H groups in total. The lowest BCUT2D eigenvalue weighted by atomic mass is 10.1. The van der Waals surface area contributed by atoms with Crippen LogP contribution in [0.25, 0.3) is 22.2 Å². The van der Waals surface area contributed by atoms with Crippen LogP contribution in [0.4, 0.5) is 5.69 Å². The van der Waals surface area contributed by atoms with Crippen LogP contribution in [0.5, 0.6) is 0 Å². The lowest BCUT2D eigenvalue weighted by Crippen LogP contribution is -2.27. The lowest BCUT2D eigenvalue weighted by Gasteiger charge is -2.12. The number of benzene rings is 2. The molecule has 34 heavy (non-hydrogen) atoms. The van der Waals surface area contributed by atoms with Crippen molar-refractivity contribution >= 4 is 34.4 Å². The Labute approximate surface area is 200 Å². The van der Waals surface area contributed by atoms with E-state index in [2.05, 4.69) is 11.4 Å². The number of nitrogens with one attached hydrogen (secondary N) is 1. The zero-order chi connectivity index (χ0) is 24.1. The minimum atomic E-state index is -0.260. The first-order valence-corrected chi connectivity index (χ1v) is 11.6. The number of amides is 1. The summed E-state index contributed by atoms with van der Waals surface area (Å²) in [6.45, 7) is 0.655. The maximum atomic E-state index is 13.4. The van der Waals surface area contributed by atoms with Gasteiger partial charge in [-0.05, 0) is 23.8 Å². The number of hydrogen-bond donors (Lipinski definition) is 1. The summed E-state index contributed by atoms with van der Waals surface area (Å²) >= 11 is 1.19. The van der Waals surface area contributed by atoms with Gasteiger partial charge in [0.05, 0.1) is 30.5 Å². The van der Waals surface area contributed by atoms with Gasteiger partial charge in [0.15, 0.2) is 5.16 Å². The number of nitriles is 1. The summed E-state index contributed by atoms with van der Waals surface area (Å²) in [4.78, 5) is 30.8. The normalized spacial score (nSPS) is 10.9. The van der Waals surface area contributed by atoms with Crippen molar-refractivity contribution in [2.24, 2.45) is 7.05 Å². The summed E-state index contributed by atoms with van der Waals surface area (Å²) in [6.07, 6.45) is 1.90. The van der Waals surface area contributed by atoms with E-state index in [1.807, 2.05) is 43.6 Å². The van der Waals surface area contributed by atoms with Crippen LogP contribution in [0, 0.1) is 11.3 Å². The highest BCUT2D eigenvalue weighted by atomic mass is 32.2. The van der Waals surface area contributed by atoms with Crippen LogP contribution < -0.4 is 10.9 Å². The predicted octanol–water partition coefficient (Wildman–Crippen LogP) is 3.65. The Balaban J connectivity index is 1.68. The number of fused-ring (bicyclic) bond motifs is 1. The van der Waals surface area contributed by atoms with Gasteiger partial charge in [-0.15, -0.1) is 0 Å². The smallest absolute Gasteiger partial charge is 0.278 e. The van der Waals surface area contributed by atoms with Gasteiger partial charge in [0.2, 0.25) is 5.91 Å². The molecule has 0 radical (unpaired) electrons. The molecule has 0 saturated carbocycles. The molecule has 0 fully saturated rings. The number of hydrogen-bond acceptors (Lipinski definition) is 6. The van der Waals surface area contributed by atoms with Crippen molar-refractivity contribution in [1.82, 2.24) is 14.1 Å². The molecule has 0 aliphatic heterocycles. The number of aromatic nitrogens is 3. The molecule has 0 atom stereocenters. The summed E-state index contributed by atoms with van der Waals surface area (Å²) in [7, 11) is 3.40. The van der Waals surface area contributed by atoms with Crippen LogP contribution in [0.1, 0.15) is 5.56 Å². The van der Waals surface area contributed by atoms with Crippen LogP contribution in [0.2, 0.25) is 0 Å². The van der Waals surface area contributed by atoms with Gasteiger partial charge < -0.3 is 14.6 Å². The lowest BCUT2D eigenvalue weighted by molar-refractivity contribution is -0.113. The van der Waals surface area contributed by atoms with E-state index in [4.69, 9.17) is 15.0 Å². The SMILES string of the molecule is COCCn1c(SCC(=O)Nc2cccc(C#N)c2)nc2c(-c3ccccc3)cn(C)c2c1=O. The maximum Gasteiger partial charge on any atom is 0.278 e. The van der Waals surface area contributed by atoms with E-state index in [0.717, 1.165) is 11.1 Å². The van der Waals surface area contributed by atoms with E-state index in [9.17, 15) is 9.59 Å². The summed E-state index contributed by atoms with van der Waals surface area (Å²) in [6, 6.07) is 18.5. The molecule has 4 aromatic rings. The zero-order valence-corrected chi connectivity index (χ0v) is 19.6. The van der Waals surface area contributed by atoms with Crippen LogP contribution in [-0.4, -0.2) is 39.5 Å². The summed E-state index contributed by atoms with van der Waals surface area (Å²) in [5, 5.41) is 12.3. The van der Waals surface area contributed by atoms with Gasteiger partial charge in [0.25, 0.3) is 5.56 Å². The molecule has 0 saturated heterocycles. The molecule has 0 aliphatic carbocycles. The van der Waals surface area contributed by atoms with Gasteiger partial charge in [-0.2, -0.15) is 5.26 Å².